The normalized spacial score (nSPS) is 28.6. The molecule has 0 aromatic carbocycles. The fourth-order valence-electron chi connectivity index (χ4n) is 1.70. The van der Waals surface area contributed by atoms with Gasteiger partial charge in [0.05, 0.1) is 6.07 Å². The van der Waals surface area contributed by atoms with Crippen LogP contribution in [-0.4, -0.2) is 32.3 Å². The molecule has 2 N–H and O–H groups in total. The van der Waals surface area contributed by atoms with Crippen molar-refractivity contribution >= 4 is 10.0 Å². The average Bonchev–Trinajstić information content (AvgIpc) is 2.52. The highest BCUT2D eigenvalue weighted by Gasteiger charge is 2.35. The molecule has 1 fully saturated rings. The summed E-state index contributed by atoms with van der Waals surface area (Å²) in [6.45, 7) is 4.98. The number of nitrogens with one attached hydrogen (secondary N) is 2. The van der Waals surface area contributed by atoms with Crippen LogP contribution in [0.4, 0.5) is 0 Å². The summed E-state index contributed by atoms with van der Waals surface area (Å²) < 4.78 is 26.2. The van der Waals surface area contributed by atoms with Crippen molar-refractivity contribution in [2.24, 2.45) is 0 Å². The number of sulfonamides is 1. The van der Waals surface area contributed by atoms with Crippen molar-refractivity contribution in [1.82, 2.24) is 10.0 Å². The van der Waals surface area contributed by atoms with Gasteiger partial charge in [-0.25, -0.2) is 13.1 Å². The van der Waals surface area contributed by atoms with Gasteiger partial charge in [-0.2, -0.15) is 5.26 Å². The van der Waals surface area contributed by atoms with E-state index in [0.717, 1.165) is 13.0 Å². The molecule has 1 heterocycles. The Morgan fingerprint density at radius 2 is 2.33 bits per heavy atom. The SMILES string of the molecule is CCC(C#N)S(=O)(=O)NC1(C)CCNC1. The molecule has 1 rings (SSSR count). The lowest BCUT2D eigenvalue weighted by molar-refractivity contribution is 0.449. The molecule has 0 radical (unpaired) electrons. The number of hydrogen-bond acceptors (Lipinski definition) is 4. The number of rotatable bonds is 4. The minimum atomic E-state index is -3.52. The Labute approximate surface area is 90.9 Å². The molecule has 1 aliphatic heterocycles. The number of nitriles is 1. The van der Waals surface area contributed by atoms with Crippen LogP contribution in [0.5, 0.6) is 0 Å². The van der Waals surface area contributed by atoms with Gasteiger partial charge in [-0.05, 0) is 26.3 Å². The zero-order valence-electron chi connectivity index (χ0n) is 9.08. The number of nitrogens with zero attached hydrogens (tertiary/aromatic N) is 1. The second-order valence-corrected chi connectivity index (χ2v) is 6.02. The Balaban J connectivity index is 2.76. The van der Waals surface area contributed by atoms with Gasteiger partial charge in [-0.3, -0.25) is 0 Å². The van der Waals surface area contributed by atoms with E-state index in [1.807, 2.05) is 13.0 Å². The maximum Gasteiger partial charge on any atom is 0.228 e. The first kappa shape index (κ1) is 12.4. The minimum Gasteiger partial charge on any atom is -0.315 e. The summed E-state index contributed by atoms with van der Waals surface area (Å²) >= 11 is 0. The van der Waals surface area contributed by atoms with Gasteiger partial charge in [-0.1, -0.05) is 6.92 Å². The van der Waals surface area contributed by atoms with E-state index in [-0.39, 0.29) is 0 Å². The van der Waals surface area contributed by atoms with Crippen molar-refractivity contribution < 1.29 is 8.42 Å². The van der Waals surface area contributed by atoms with Gasteiger partial charge >= 0.3 is 0 Å². The average molecular weight is 231 g/mol. The lowest BCUT2D eigenvalue weighted by Gasteiger charge is -2.25. The van der Waals surface area contributed by atoms with Crippen LogP contribution in [0, 0.1) is 11.3 Å². The Morgan fingerprint density at radius 1 is 1.67 bits per heavy atom. The molecule has 6 heteroatoms. The van der Waals surface area contributed by atoms with Crippen molar-refractivity contribution in [2.45, 2.75) is 37.5 Å². The zero-order chi connectivity index (χ0) is 11.5. The Kier molecular flexibility index (Phi) is 3.71. The fraction of sp³-hybridized carbons (Fsp3) is 0.889. The molecular weight excluding hydrogens is 214 g/mol. The van der Waals surface area contributed by atoms with Crippen molar-refractivity contribution in [2.75, 3.05) is 13.1 Å². The van der Waals surface area contributed by atoms with Gasteiger partial charge in [0.2, 0.25) is 10.0 Å². The van der Waals surface area contributed by atoms with E-state index >= 15 is 0 Å². The topological polar surface area (TPSA) is 82.0 Å². The minimum absolute atomic E-state index is 0.315. The highest BCUT2D eigenvalue weighted by molar-refractivity contribution is 7.90. The van der Waals surface area contributed by atoms with Crippen molar-refractivity contribution in [3.05, 3.63) is 0 Å². The van der Waals surface area contributed by atoms with Crippen LogP contribution < -0.4 is 10.0 Å². The molecule has 5 nitrogen and oxygen atoms in total. The first-order chi connectivity index (χ1) is 6.93. The fourth-order valence-corrected chi connectivity index (χ4v) is 3.28. The molecule has 0 spiro atoms. The van der Waals surface area contributed by atoms with Crippen molar-refractivity contribution in [3.8, 4) is 6.07 Å². The van der Waals surface area contributed by atoms with E-state index in [1.165, 1.54) is 0 Å². The second kappa shape index (κ2) is 4.47. The summed E-state index contributed by atoms with van der Waals surface area (Å²) in [5.74, 6) is 0. The molecule has 2 atom stereocenters. The molecule has 0 aromatic heterocycles. The summed E-state index contributed by atoms with van der Waals surface area (Å²) in [6.07, 6.45) is 1.07. The second-order valence-electron chi connectivity index (χ2n) is 4.16. The van der Waals surface area contributed by atoms with Crippen LogP contribution in [-0.2, 0) is 10.0 Å². The van der Waals surface area contributed by atoms with E-state index in [0.29, 0.717) is 13.0 Å². The third kappa shape index (κ3) is 2.91. The third-order valence-corrected chi connectivity index (χ3v) is 4.61. The van der Waals surface area contributed by atoms with E-state index in [1.54, 1.807) is 6.92 Å². The molecule has 0 bridgehead atoms. The quantitative estimate of drug-likeness (QED) is 0.711. The highest BCUT2D eigenvalue weighted by atomic mass is 32.2. The molecule has 0 aromatic rings. The van der Waals surface area contributed by atoms with E-state index < -0.39 is 20.8 Å². The van der Waals surface area contributed by atoms with Gasteiger partial charge in [0.1, 0.15) is 0 Å². The predicted molar refractivity (Wildman–Crippen MR) is 57.6 cm³/mol. The Hall–Kier alpha value is -0.640. The molecule has 0 saturated carbocycles. The van der Waals surface area contributed by atoms with E-state index in [2.05, 4.69) is 10.0 Å². The van der Waals surface area contributed by atoms with Gasteiger partial charge in [0, 0.05) is 12.1 Å². The summed E-state index contributed by atoms with van der Waals surface area (Å²) in [7, 11) is -3.52. The van der Waals surface area contributed by atoms with Crippen LogP contribution >= 0.6 is 0 Å². The van der Waals surface area contributed by atoms with Crippen LogP contribution in [0.3, 0.4) is 0 Å². The maximum atomic E-state index is 11.8. The monoisotopic (exact) mass is 231 g/mol. The van der Waals surface area contributed by atoms with Gasteiger partial charge in [-0.15, -0.1) is 0 Å². The van der Waals surface area contributed by atoms with Crippen molar-refractivity contribution in [1.29, 1.82) is 5.26 Å². The van der Waals surface area contributed by atoms with E-state index in [4.69, 9.17) is 5.26 Å². The summed E-state index contributed by atoms with van der Waals surface area (Å²) in [5, 5.41) is 10.9. The molecule has 0 amide bonds. The molecule has 1 aliphatic rings. The predicted octanol–water partition coefficient (Wildman–Crippen LogP) is -0.0400. The van der Waals surface area contributed by atoms with Gasteiger partial charge in [0.25, 0.3) is 0 Å². The lowest BCUT2D eigenvalue weighted by atomic mass is 10.0. The zero-order valence-corrected chi connectivity index (χ0v) is 9.89. The molecule has 0 aliphatic carbocycles. The molecule has 2 unspecified atom stereocenters. The first-order valence-corrected chi connectivity index (χ1v) is 6.61. The molecular formula is C9H17N3O2S. The van der Waals surface area contributed by atoms with Crippen LogP contribution in [0.1, 0.15) is 26.7 Å². The highest BCUT2D eigenvalue weighted by Crippen LogP contribution is 2.16. The van der Waals surface area contributed by atoms with Gasteiger partial charge < -0.3 is 5.32 Å². The first-order valence-electron chi connectivity index (χ1n) is 5.07. The molecule has 15 heavy (non-hydrogen) atoms. The largest absolute Gasteiger partial charge is 0.315 e. The number of hydrogen-bond donors (Lipinski definition) is 2. The summed E-state index contributed by atoms with van der Waals surface area (Å²) in [6, 6.07) is 1.81. The van der Waals surface area contributed by atoms with Gasteiger partial charge in [0.15, 0.2) is 5.25 Å². The van der Waals surface area contributed by atoms with Crippen LogP contribution in [0.25, 0.3) is 0 Å². The Morgan fingerprint density at radius 3 is 2.73 bits per heavy atom. The van der Waals surface area contributed by atoms with Crippen molar-refractivity contribution in [3.63, 3.8) is 0 Å². The summed E-state index contributed by atoms with van der Waals surface area (Å²) in [5.41, 5.74) is -0.441. The summed E-state index contributed by atoms with van der Waals surface area (Å²) in [4.78, 5) is 0. The Bertz CT molecular complexity index is 352. The van der Waals surface area contributed by atoms with Crippen LogP contribution in [0.15, 0.2) is 0 Å². The molecule has 86 valence electrons. The van der Waals surface area contributed by atoms with Crippen LogP contribution in [0.2, 0.25) is 0 Å². The smallest absolute Gasteiger partial charge is 0.228 e. The maximum absolute atomic E-state index is 11.8. The molecule has 1 saturated heterocycles. The third-order valence-electron chi connectivity index (χ3n) is 2.65. The van der Waals surface area contributed by atoms with E-state index in [9.17, 15) is 8.42 Å². The standard InChI is InChI=1S/C9H17N3O2S/c1-3-8(6-10)15(13,14)12-9(2)4-5-11-7-9/h8,11-12H,3-5,7H2,1-2H3. The lowest BCUT2D eigenvalue weighted by Crippen LogP contribution is -2.50.